The van der Waals surface area contributed by atoms with Gasteiger partial charge in [0.05, 0.1) is 0 Å². The molecule has 2 heterocycles. The first-order valence-electron chi connectivity index (χ1n) is 5.52. The molecule has 1 aromatic heterocycles. The van der Waals surface area contributed by atoms with Crippen LogP contribution < -0.4 is 4.90 Å². The Balaban J connectivity index is 2.26. The summed E-state index contributed by atoms with van der Waals surface area (Å²) in [5, 5.41) is 0.326. The van der Waals surface area contributed by atoms with Gasteiger partial charge in [0.15, 0.2) is 0 Å². The Labute approximate surface area is 101 Å². The normalized spacial score (nSPS) is 22.5. The van der Waals surface area contributed by atoms with E-state index in [1.54, 1.807) is 6.20 Å². The lowest BCUT2D eigenvalue weighted by Crippen LogP contribution is -2.51. The molecule has 0 aromatic carbocycles. The molecule has 2 rings (SSSR count). The third-order valence-electron chi connectivity index (χ3n) is 3.02. The van der Waals surface area contributed by atoms with Crippen molar-refractivity contribution in [3.05, 3.63) is 17.0 Å². The molecule has 1 saturated heterocycles. The number of halogens is 1. The number of nitrogens with zero attached hydrogens (tertiary/aromatic N) is 4. The van der Waals surface area contributed by atoms with Crippen molar-refractivity contribution in [2.75, 3.05) is 31.6 Å². The van der Waals surface area contributed by atoms with Crippen molar-refractivity contribution in [2.24, 2.45) is 0 Å². The molecule has 1 aromatic rings. The minimum Gasteiger partial charge on any atom is -0.351 e. The van der Waals surface area contributed by atoms with Crippen LogP contribution in [0.1, 0.15) is 12.5 Å². The summed E-state index contributed by atoms with van der Waals surface area (Å²) in [6.07, 6.45) is 1.79. The molecular formula is C11H17ClN4. The van der Waals surface area contributed by atoms with Gasteiger partial charge in [-0.1, -0.05) is 0 Å². The van der Waals surface area contributed by atoms with E-state index in [0.717, 1.165) is 31.0 Å². The van der Waals surface area contributed by atoms with Crippen LogP contribution in [0.15, 0.2) is 6.20 Å². The fourth-order valence-corrected chi connectivity index (χ4v) is 2.29. The van der Waals surface area contributed by atoms with Crippen molar-refractivity contribution in [3.63, 3.8) is 0 Å². The second-order valence-electron chi connectivity index (χ2n) is 4.45. The van der Waals surface area contributed by atoms with Crippen LogP contribution in [-0.4, -0.2) is 47.6 Å². The van der Waals surface area contributed by atoms with Crippen LogP contribution in [-0.2, 0) is 0 Å². The molecule has 0 spiro atoms. The van der Waals surface area contributed by atoms with Gasteiger partial charge in [0.1, 0.15) is 5.82 Å². The quantitative estimate of drug-likeness (QED) is 0.698. The first kappa shape index (κ1) is 11.6. The summed E-state index contributed by atoms with van der Waals surface area (Å²) in [4.78, 5) is 13.0. The van der Waals surface area contributed by atoms with E-state index in [0.29, 0.717) is 11.3 Å². The Hall–Kier alpha value is -0.870. The first-order valence-corrected chi connectivity index (χ1v) is 5.90. The molecule has 1 aliphatic rings. The van der Waals surface area contributed by atoms with Crippen LogP contribution >= 0.6 is 11.6 Å². The lowest BCUT2D eigenvalue weighted by Gasteiger charge is -2.39. The Morgan fingerprint density at radius 1 is 1.44 bits per heavy atom. The largest absolute Gasteiger partial charge is 0.351 e. The SMILES string of the molecule is Cc1cnc(Cl)nc1N1CCN(C)CC1C. The van der Waals surface area contributed by atoms with Gasteiger partial charge >= 0.3 is 0 Å². The van der Waals surface area contributed by atoms with Gasteiger partial charge in [0.25, 0.3) is 0 Å². The minimum atomic E-state index is 0.326. The van der Waals surface area contributed by atoms with Crippen LogP contribution in [0.2, 0.25) is 5.28 Å². The molecule has 0 amide bonds. The number of rotatable bonds is 1. The standard InChI is InChI=1S/C11H17ClN4/c1-8-6-13-11(12)14-10(8)16-5-4-15(3)7-9(16)2/h6,9H,4-5,7H2,1-3H3. The van der Waals surface area contributed by atoms with Crippen LogP contribution in [0.25, 0.3) is 0 Å². The zero-order chi connectivity index (χ0) is 11.7. The number of piperazine rings is 1. The van der Waals surface area contributed by atoms with Gasteiger partial charge in [-0.2, -0.15) is 0 Å². The van der Waals surface area contributed by atoms with Crippen molar-refractivity contribution in [1.82, 2.24) is 14.9 Å². The molecule has 5 heteroatoms. The zero-order valence-corrected chi connectivity index (χ0v) is 10.7. The van der Waals surface area contributed by atoms with Gasteiger partial charge < -0.3 is 9.80 Å². The average molecular weight is 241 g/mol. The van der Waals surface area contributed by atoms with E-state index in [1.165, 1.54) is 0 Å². The number of aromatic nitrogens is 2. The Morgan fingerprint density at radius 2 is 2.19 bits per heavy atom. The molecule has 0 saturated carbocycles. The monoisotopic (exact) mass is 240 g/mol. The van der Waals surface area contributed by atoms with Crippen molar-refractivity contribution in [2.45, 2.75) is 19.9 Å². The summed E-state index contributed by atoms with van der Waals surface area (Å²) in [6.45, 7) is 7.35. The summed E-state index contributed by atoms with van der Waals surface area (Å²) >= 11 is 5.85. The molecule has 0 bridgehead atoms. The third-order valence-corrected chi connectivity index (χ3v) is 3.20. The second-order valence-corrected chi connectivity index (χ2v) is 4.79. The highest BCUT2D eigenvalue weighted by atomic mass is 35.5. The molecule has 1 unspecified atom stereocenters. The highest BCUT2D eigenvalue weighted by Gasteiger charge is 2.24. The Kier molecular flexibility index (Phi) is 3.30. The van der Waals surface area contributed by atoms with Crippen molar-refractivity contribution in [1.29, 1.82) is 0 Å². The summed E-state index contributed by atoms with van der Waals surface area (Å²) < 4.78 is 0. The van der Waals surface area contributed by atoms with Gasteiger partial charge in [-0.25, -0.2) is 9.97 Å². The Morgan fingerprint density at radius 3 is 2.88 bits per heavy atom. The van der Waals surface area contributed by atoms with Gasteiger partial charge in [-0.05, 0) is 32.5 Å². The van der Waals surface area contributed by atoms with Crippen LogP contribution in [0.5, 0.6) is 0 Å². The van der Waals surface area contributed by atoms with Gasteiger partial charge in [0.2, 0.25) is 5.28 Å². The van der Waals surface area contributed by atoms with Gasteiger partial charge in [-0.3, -0.25) is 0 Å². The molecule has 4 nitrogen and oxygen atoms in total. The molecule has 0 aliphatic carbocycles. The number of likely N-dealkylation sites (N-methyl/N-ethyl adjacent to an activating group) is 1. The minimum absolute atomic E-state index is 0.326. The lowest BCUT2D eigenvalue weighted by molar-refractivity contribution is 0.274. The highest BCUT2D eigenvalue weighted by Crippen LogP contribution is 2.22. The maximum absolute atomic E-state index is 5.85. The number of anilines is 1. The molecule has 0 N–H and O–H groups in total. The molecule has 1 fully saturated rings. The first-order chi connectivity index (χ1) is 7.58. The molecular weight excluding hydrogens is 224 g/mol. The Bertz CT molecular complexity index is 382. The maximum atomic E-state index is 5.85. The van der Waals surface area contributed by atoms with Crippen LogP contribution in [0.3, 0.4) is 0 Å². The van der Waals surface area contributed by atoms with E-state index in [-0.39, 0.29) is 0 Å². The summed E-state index contributed by atoms with van der Waals surface area (Å²) in [6, 6.07) is 0.461. The van der Waals surface area contributed by atoms with Crippen LogP contribution in [0, 0.1) is 6.92 Å². The summed E-state index contributed by atoms with van der Waals surface area (Å²) in [5.41, 5.74) is 1.08. The maximum Gasteiger partial charge on any atom is 0.224 e. The smallest absolute Gasteiger partial charge is 0.224 e. The lowest BCUT2D eigenvalue weighted by atomic mass is 10.2. The van der Waals surface area contributed by atoms with E-state index in [2.05, 4.69) is 33.7 Å². The zero-order valence-electron chi connectivity index (χ0n) is 9.94. The van der Waals surface area contributed by atoms with Gasteiger partial charge in [-0.15, -0.1) is 0 Å². The fraction of sp³-hybridized carbons (Fsp3) is 0.636. The van der Waals surface area contributed by atoms with E-state index < -0.39 is 0 Å². The van der Waals surface area contributed by atoms with Gasteiger partial charge in [0, 0.05) is 37.4 Å². The topological polar surface area (TPSA) is 32.3 Å². The number of aryl methyl sites for hydroxylation is 1. The predicted octanol–water partition coefficient (Wildman–Crippen LogP) is 1.58. The second kappa shape index (κ2) is 4.55. The molecule has 16 heavy (non-hydrogen) atoms. The third kappa shape index (κ3) is 2.28. The fourth-order valence-electron chi connectivity index (χ4n) is 2.16. The average Bonchev–Trinajstić information content (AvgIpc) is 2.22. The highest BCUT2D eigenvalue weighted by molar-refractivity contribution is 6.28. The molecule has 1 aliphatic heterocycles. The van der Waals surface area contributed by atoms with Crippen molar-refractivity contribution < 1.29 is 0 Å². The van der Waals surface area contributed by atoms with E-state index in [9.17, 15) is 0 Å². The number of hydrogen-bond donors (Lipinski definition) is 0. The van der Waals surface area contributed by atoms with Crippen molar-refractivity contribution >= 4 is 17.4 Å². The summed E-state index contributed by atoms with van der Waals surface area (Å²) in [5.74, 6) is 0.973. The van der Waals surface area contributed by atoms with E-state index >= 15 is 0 Å². The molecule has 1 atom stereocenters. The van der Waals surface area contributed by atoms with Crippen molar-refractivity contribution in [3.8, 4) is 0 Å². The van der Waals surface area contributed by atoms with Crippen LogP contribution in [0.4, 0.5) is 5.82 Å². The summed E-state index contributed by atoms with van der Waals surface area (Å²) in [7, 11) is 2.15. The molecule has 88 valence electrons. The van der Waals surface area contributed by atoms with E-state index in [4.69, 9.17) is 11.6 Å². The predicted molar refractivity (Wildman–Crippen MR) is 66.1 cm³/mol. The van der Waals surface area contributed by atoms with E-state index in [1.807, 2.05) is 6.92 Å². The molecule has 0 radical (unpaired) electrons. The number of hydrogen-bond acceptors (Lipinski definition) is 4.